The third-order valence-corrected chi connectivity index (χ3v) is 3.34. The zero-order valence-corrected chi connectivity index (χ0v) is 12.0. The number of carboxylic acid groups (broad SMARTS) is 1. The minimum Gasteiger partial charge on any atom is -0.475 e. The van der Waals surface area contributed by atoms with Gasteiger partial charge in [-0.1, -0.05) is 15.9 Å². The van der Waals surface area contributed by atoms with Gasteiger partial charge >= 0.3 is 5.97 Å². The smallest absolute Gasteiger partial charge is 0.372 e. The molecule has 4 nitrogen and oxygen atoms in total. The van der Waals surface area contributed by atoms with Gasteiger partial charge in [-0.2, -0.15) is 0 Å². The number of benzene rings is 1. The van der Waals surface area contributed by atoms with Gasteiger partial charge in [0, 0.05) is 22.5 Å². The molecule has 0 radical (unpaired) electrons. The molecule has 1 aromatic heterocycles. The van der Waals surface area contributed by atoms with E-state index in [0.717, 1.165) is 9.86 Å². The molecular weight excluding hydrogens is 356 g/mol. The van der Waals surface area contributed by atoms with Crippen LogP contribution in [0.1, 0.15) is 16.1 Å². The molecule has 0 amide bonds. The van der Waals surface area contributed by atoms with E-state index in [2.05, 4.69) is 31.9 Å². The van der Waals surface area contributed by atoms with Gasteiger partial charge in [-0.3, -0.25) is 0 Å². The molecule has 0 unspecified atom stereocenters. The highest BCUT2D eigenvalue weighted by Gasteiger charge is 2.21. The first-order chi connectivity index (χ1) is 8.04. The second-order valence-electron chi connectivity index (χ2n) is 3.41. The number of methoxy groups -OCH3 is 1. The van der Waals surface area contributed by atoms with Crippen LogP contribution in [-0.4, -0.2) is 18.2 Å². The molecule has 2 aromatic rings. The molecular formula is C11H8Br2O4. The Morgan fingerprint density at radius 2 is 2.18 bits per heavy atom. The maximum Gasteiger partial charge on any atom is 0.372 e. The zero-order valence-electron chi connectivity index (χ0n) is 8.79. The van der Waals surface area contributed by atoms with E-state index in [4.69, 9.17) is 14.3 Å². The average Bonchev–Trinajstić information content (AvgIpc) is 2.58. The maximum atomic E-state index is 11.1. The lowest BCUT2D eigenvalue weighted by molar-refractivity contribution is 0.0658. The number of hydrogen-bond acceptors (Lipinski definition) is 3. The average molecular weight is 364 g/mol. The minimum absolute atomic E-state index is 0.0827. The topological polar surface area (TPSA) is 59.7 Å². The number of carboxylic acids is 1. The van der Waals surface area contributed by atoms with E-state index in [0.29, 0.717) is 15.6 Å². The van der Waals surface area contributed by atoms with E-state index in [1.165, 1.54) is 7.11 Å². The monoisotopic (exact) mass is 362 g/mol. The van der Waals surface area contributed by atoms with Gasteiger partial charge in [0.2, 0.25) is 5.76 Å². The van der Waals surface area contributed by atoms with E-state index in [-0.39, 0.29) is 12.4 Å². The highest BCUT2D eigenvalue weighted by Crippen LogP contribution is 2.34. The van der Waals surface area contributed by atoms with Gasteiger partial charge in [0.25, 0.3) is 0 Å². The van der Waals surface area contributed by atoms with Crippen LogP contribution in [-0.2, 0) is 11.3 Å². The Morgan fingerprint density at radius 3 is 2.76 bits per heavy atom. The van der Waals surface area contributed by atoms with Crippen molar-refractivity contribution in [1.82, 2.24) is 0 Å². The highest BCUT2D eigenvalue weighted by atomic mass is 79.9. The molecule has 0 aliphatic rings. The van der Waals surface area contributed by atoms with Crippen LogP contribution < -0.4 is 0 Å². The lowest BCUT2D eigenvalue weighted by atomic mass is 10.1. The molecule has 0 bridgehead atoms. The maximum absolute atomic E-state index is 11.1. The summed E-state index contributed by atoms with van der Waals surface area (Å²) in [6, 6.07) is 3.61. The van der Waals surface area contributed by atoms with Crippen molar-refractivity contribution in [3.8, 4) is 0 Å². The molecule has 0 saturated carbocycles. The second-order valence-corrected chi connectivity index (χ2v) is 5.18. The van der Waals surface area contributed by atoms with Crippen molar-refractivity contribution < 1.29 is 19.1 Å². The molecule has 1 aromatic carbocycles. The van der Waals surface area contributed by atoms with Crippen LogP contribution in [0.3, 0.4) is 0 Å². The standard InChI is InChI=1S/C11H8Br2O4/c1-16-4-7-6-2-5(12)3-8(13)9(6)17-10(7)11(14)15/h2-3H,4H2,1H3,(H,14,15). The number of carbonyl (C=O) groups is 1. The summed E-state index contributed by atoms with van der Waals surface area (Å²) in [5.41, 5.74) is 1.05. The quantitative estimate of drug-likeness (QED) is 0.900. The summed E-state index contributed by atoms with van der Waals surface area (Å²) in [7, 11) is 1.51. The van der Waals surface area contributed by atoms with Crippen molar-refractivity contribution in [3.63, 3.8) is 0 Å². The Bertz CT molecular complexity index is 589. The van der Waals surface area contributed by atoms with Gasteiger partial charge in [-0.05, 0) is 28.1 Å². The highest BCUT2D eigenvalue weighted by molar-refractivity contribution is 9.11. The first-order valence-electron chi connectivity index (χ1n) is 4.67. The lowest BCUT2D eigenvalue weighted by Crippen LogP contribution is -1.99. The van der Waals surface area contributed by atoms with E-state index < -0.39 is 5.97 Å². The summed E-state index contributed by atoms with van der Waals surface area (Å²) in [6.07, 6.45) is 0. The lowest BCUT2D eigenvalue weighted by Gasteiger charge is -1.98. The van der Waals surface area contributed by atoms with Gasteiger partial charge in [0.1, 0.15) is 5.58 Å². The summed E-state index contributed by atoms with van der Waals surface area (Å²) in [6.45, 7) is 0.192. The Hall–Kier alpha value is -0.850. The SMILES string of the molecule is COCc1c(C(=O)O)oc2c(Br)cc(Br)cc12. The van der Waals surface area contributed by atoms with E-state index in [1.54, 1.807) is 6.07 Å². The number of fused-ring (bicyclic) bond motifs is 1. The summed E-state index contributed by atoms with van der Waals surface area (Å²) in [4.78, 5) is 11.1. The number of ether oxygens (including phenoxy) is 1. The minimum atomic E-state index is -1.10. The summed E-state index contributed by atoms with van der Waals surface area (Å²) >= 11 is 6.69. The van der Waals surface area contributed by atoms with Gasteiger partial charge in [-0.15, -0.1) is 0 Å². The van der Waals surface area contributed by atoms with Crippen LogP contribution in [0.15, 0.2) is 25.5 Å². The fourth-order valence-corrected chi connectivity index (χ4v) is 2.94. The van der Waals surface area contributed by atoms with Crippen molar-refractivity contribution in [2.45, 2.75) is 6.61 Å². The molecule has 1 heterocycles. The van der Waals surface area contributed by atoms with Crippen LogP contribution in [0.5, 0.6) is 0 Å². The molecule has 0 fully saturated rings. The van der Waals surface area contributed by atoms with Crippen molar-refractivity contribution in [2.75, 3.05) is 7.11 Å². The number of aromatic carboxylic acids is 1. The first kappa shape index (κ1) is 12.6. The molecule has 0 aliphatic carbocycles. The van der Waals surface area contributed by atoms with Crippen molar-refractivity contribution in [2.24, 2.45) is 0 Å². The molecule has 2 rings (SSSR count). The molecule has 0 spiro atoms. The van der Waals surface area contributed by atoms with E-state index >= 15 is 0 Å². The summed E-state index contributed by atoms with van der Waals surface area (Å²) < 4.78 is 11.9. The van der Waals surface area contributed by atoms with Crippen LogP contribution in [0.4, 0.5) is 0 Å². The Kier molecular flexibility index (Phi) is 3.56. The predicted molar refractivity (Wildman–Crippen MR) is 69.3 cm³/mol. The van der Waals surface area contributed by atoms with Crippen molar-refractivity contribution in [1.29, 1.82) is 0 Å². The van der Waals surface area contributed by atoms with Crippen LogP contribution in [0, 0.1) is 0 Å². The fraction of sp³-hybridized carbons (Fsp3) is 0.182. The molecule has 1 N–H and O–H groups in total. The van der Waals surface area contributed by atoms with Gasteiger partial charge in [-0.25, -0.2) is 4.79 Å². The van der Waals surface area contributed by atoms with Crippen molar-refractivity contribution >= 4 is 48.8 Å². The number of furan rings is 1. The number of halogens is 2. The van der Waals surface area contributed by atoms with E-state index in [1.807, 2.05) is 6.07 Å². The van der Waals surface area contributed by atoms with Crippen LogP contribution >= 0.6 is 31.9 Å². The van der Waals surface area contributed by atoms with Crippen molar-refractivity contribution in [3.05, 3.63) is 32.4 Å². The van der Waals surface area contributed by atoms with E-state index in [9.17, 15) is 4.79 Å². The number of hydrogen-bond donors (Lipinski definition) is 1. The number of rotatable bonds is 3. The van der Waals surface area contributed by atoms with Gasteiger partial charge < -0.3 is 14.3 Å². The Morgan fingerprint density at radius 1 is 1.47 bits per heavy atom. The third kappa shape index (κ3) is 2.25. The molecule has 0 saturated heterocycles. The predicted octanol–water partition coefficient (Wildman–Crippen LogP) is 3.80. The Balaban J connectivity index is 2.79. The van der Waals surface area contributed by atoms with Gasteiger partial charge in [0.05, 0.1) is 11.1 Å². The van der Waals surface area contributed by atoms with Crippen LogP contribution in [0.2, 0.25) is 0 Å². The zero-order chi connectivity index (χ0) is 12.6. The molecule has 17 heavy (non-hydrogen) atoms. The fourth-order valence-electron chi connectivity index (χ4n) is 1.63. The van der Waals surface area contributed by atoms with Gasteiger partial charge in [0.15, 0.2) is 0 Å². The Labute approximate surface area is 114 Å². The van der Waals surface area contributed by atoms with Crippen LogP contribution in [0.25, 0.3) is 11.0 Å². The largest absolute Gasteiger partial charge is 0.475 e. The summed E-state index contributed by atoms with van der Waals surface area (Å²) in [5.74, 6) is -1.18. The molecule has 0 aliphatic heterocycles. The normalized spacial score (nSPS) is 11.0. The molecule has 0 atom stereocenters. The first-order valence-corrected chi connectivity index (χ1v) is 6.26. The summed E-state index contributed by atoms with van der Waals surface area (Å²) in [5, 5.41) is 9.80. The third-order valence-electron chi connectivity index (χ3n) is 2.29. The molecule has 6 heteroatoms. The second kappa shape index (κ2) is 4.80. The molecule has 90 valence electrons.